The first-order chi connectivity index (χ1) is 12.7. The van der Waals surface area contributed by atoms with Gasteiger partial charge in [0.25, 0.3) is 0 Å². The van der Waals surface area contributed by atoms with Crippen molar-refractivity contribution >= 4 is 11.8 Å². The highest BCUT2D eigenvalue weighted by molar-refractivity contribution is 5.88. The van der Waals surface area contributed by atoms with Crippen molar-refractivity contribution in [1.29, 1.82) is 0 Å². The predicted octanol–water partition coefficient (Wildman–Crippen LogP) is 2.93. The minimum Gasteiger partial charge on any atom is -0.383 e. The Morgan fingerprint density at radius 2 is 1.65 bits per heavy atom. The molecule has 0 saturated heterocycles. The van der Waals surface area contributed by atoms with Gasteiger partial charge in [0.15, 0.2) is 0 Å². The second kappa shape index (κ2) is 10.4. The van der Waals surface area contributed by atoms with E-state index in [0.29, 0.717) is 26.1 Å². The molecule has 5 nitrogen and oxygen atoms in total. The number of hydrogen-bond acceptors (Lipinski definition) is 3. The van der Waals surface area contributed by atoms with E-state index in [1.807, 2.05) is 67.6 Å². The molecule has 0 spiro atoms. The topological polar surface area (TPSA) is 58.6 Å². The molecule has 0 aliphatic heterocycles. The molecule has 0 saturated carbocycles. The average Bonchev–Trinajstić information content (AvgIpc) is 2.68. The Morgan fingerprint density at radius 3 is 2.23 bits per heavy atom. The molecule has 1 unspecified atom stereocenters. The number of nitrogens with zero attached hydrogens (tertiary/aromatic N) is 1. The van der Waals surface area contributed by atoms with Crippen LogP contribution in [0.15, 0.2) is 60.7 Å². The van der Waals surface area contributed by atoms with Gasteiger partial charge in [0, 0.05) is 26.6 Å². The normalized spacial score (nSPS) is 11.6. The summed E-state index contributed by atoms with van der Waals surface area (Å²) in [7, 11) is 1.59. The summed E-state index contributed by atoms with van der Waals surface area (Å²) in [6.45, 7) is 3.02. The van der Waals surface area contributed by atoms with Crippen molar-refractivity contribution in [2.75, 3.05) is 20.3 Å². The van der Waals surface area contributed by atoms with Gasteiger partial charge in [-0.05, 0) is 11.1 Å². The molecule has 0 fully saturated rings. The molecule has 2 aromatic carbocycles. The molecule has 138 valence electrons. The van der Waals surface area contributed by atoms with E-state index in [-0.39, 0.29) is 11.8 Å². The maximum Gasteiger partial charge on any atom is 0.247 e. The Morgan fingerprint density at radius 1 is 1.04 bits per heavy atom. The third-order valence-electron chi connectivity index (χ3n) is 4.10. The monoisotopic (exact) mass is 354 g/mol. The van der Waals surface area contributed by atoms with Crippen molar-refractivity contribution < 1.29 is 14.3 Å². The van der Waals surface area contributed by atoms with Gasteiger partial charge in [-0.25, -0.2) is 0 Å². The van der Waals surface area contributed by atoms with Gasteiger partial charge in [-0.15, -0.1) is 0 Å². The predicted molar refractivity (Wildman–Crippen MR) is 101 cm³/mol. The standard InChI is InChI=1S/C21H26N2O3/c1-3-19(24)23(16-17-10-6-4-7-11-17)20(18-12-8-5-9-13-18)21(25)22-14-15-26-2/h4-13,20H,3,14-16H2,1-2H3,(H,22,25). The third kappa shape index (κ3) is 5.43. The number of rotatable bonds is 9. The summed E-state index contributed by atoms with van der Waals surface area (Å²) in [5.41, 5.74) is 1.78. The van der Waals surface area contributed by atoms with Crippen LogP contribution in [0.3, 0.4) is 0 Å². The zero-order chi connectivity index (χ0) is 18.8. The van der Waals surface area contributed by atoms with Crippen molar-refractivity contribution in [3.8, 4) is 0 Å². The summed E-state index contributed by atoms with van der Waals surface area (Å²) in [5, 5.41) is 2.87. The largest absolute Gasteiger partial charge is 0.383 e. The van der Waals surface area contributed by atoms with Crippen molar-refractivity contribution in [1.82, 2.24) is 10.2 Å². The fraction of sp³-hybridized carbons (Fsp3) is 0.333. The molecule has 0 bridgehead atoms. The Labute approximate surface area is 155 Å². The lowest BCUT2D eigenvalue weighted by Crippen LogP contribution is -2.44. The van der Waals surface area contributed by atoms with Gasteiger partial charge in [-0.1, -0.05) is 67.6 Å². The lowest BCUT2D eigenvalue weighted by atomic mass is 10.0. The summed E-state index contributed by atoms with van der Waals surface area (Å²) in [4.78, 5) is 27.2. The molecule has 0 heterocycles. The van der Waals surface area contributed by atoms with Gasteiger partial charge in [-0.3, -0.25) is 9.59 Å². The number of hydrogen-bond donors (Lipinski definition) is 1. The van der Waals surface area contributed by atoms with Gasteiger partial charge in [0.05, 0.1) is 6.61 Å². The van der Waals surface area contributed by atoms with Crippen LogP contribution < -0.4 is 5.32 Å². The Bertz CT molecular complexity index is 689. The summed E-state index contributed by atoms with van der Waals surface area (Å²) in [6, 6.07) is 18.4. The maximum atomic E-state index is 12.9. The van der Waals surface area contributed by atoms with Crippen LogP contribution in [0.5, 0.6) is 0 Å². The highest BCUT2D eigenvalue weighted by atomic mass is 16.5. The number of ether oxygens (including phenoxy) is 1. The van der Waals surface area contributed by atoms with E-state index in [9.17, 15) is 9.59 Å². The van der Waals surface area contributed by atoms with Gasteiger partial charge in [-0.2, -0.15) is 0 Å². The Kier molecular flexibility index (Phi) is 7.83. The molecule has 0 radical (unpaired) electrons. The van der Waals surface area contributed by atoms with Crippen LogP contribution in [0, 0.1) is 0 Å². The fourth-order valence-corrected chi connectivity index (χ4v) is 2.79. The molecule has 2 amide bonds. The molecule has 0 aliphatic rings. The van der Waals surface area contributed by atoms with Crippen LogP contribution in [0.25, 0.3) is 0 Å². The van der Waals surface area contributed by atoms with Crippen molar-refractivity contribution in [3.63, 3.8) is 0 Å². The minimum absolute atomic E-state index is 0.0652. The third-order valence-corrected chi connectivity index (χ3v) is 4.10. The first-order valence-electron chi connectivity index (χ1n) is 8.82. The molecular formula is C21H26N2O3. The Balaban J connectivity index is 2.34. The number of amides is 2. The molecule has 2 rings (SSSR count). The van der Waals surface area contributed by atoms with Crippen LogP contribution in [0.2, 0.25) is 0 Å². The van der Waals surface area contributed by atoms with Crippen LogP contribution in [-0.4, -0.2) is 37.0 Å². The second-order valence-corrected chi connectivity index (χ2v) is 5.96. The first-order valence-corrected chi connectivity index (χ1v) is 8.82. The van der Waals surface area contributed by atoms with Crippen LogP contribution >= 0.6 is 0 Å². The van der Waals surface area contributed by atoms with E-state index >= 15 is 0 Å². The van der Waals surface area contributed by atoms with E-state index in [1.54, 1.807) is 12.0 Å². The summed E-state index contributed by atoms with van der Waals surface area (Å²) in [6.07, 6.45) is 0.335. The van der Waals surface area contributed by atoms with Crippen LogP contribution in [0.4, 0.5) is 0 Å². The minimum atomic E-state index is -0.680. The zero-order valence-corrected chi connectivity index (χ0v) is 15.4. The van der Waals surface area contributed by atoms with Crippen molar-refractivity contribution in [3.05, 3.63) is 71.8 Å². The average molecular weight is 354 g/mol. The molecule has 0 aliphatic carbocycles. The van der Waals surface area contributed by atoms with Gasteiger partial charge < -0.3 is 15.0 Å². The molecule has 26 heavy (non-hydrogen) atoms. The number of carbonyl (C=O) groups is 2. The number of carbonyl (C=O) groups excluding carboxylic acids is 2. The quantitative estimate of drug-likeness (QED) is 0.705. The van der Waals surface area contributed by atoms with E-state index < -0.39 is 6.04 Å². The number of benzene rings is 2. The summed E-state index contributed by atoms with van der Waals surface area (Å²) in [5.74, 6) is -0.268. The van der Waals surface area contributed by atoms with E-state index in [1.165, 1.54) is 0 Å². The fourth-order valence-electron chi connectivity index (χ4n) is 2.79. The molecule has 5 heteroatoms. The van der Waals surface area contributed by atoms with Gasteiger partial charge in [0.2, 0.25) is 11.8 Å². The van der Waals surface area contributed by atoms with E-state index in [2.05, 4.69) is 5.32 Å². The summed E-state index contributed by atoms with van der Waals surface area (Å²) >= 11 is 0. The van der Waals surface area contributed by atoms with E-state index in [0.717, 1.165) is 11.1 Å². The maximum absolute atomic E-state index is 12.9. The summed E-state index contributed by atoms with van der Waals surface area (Å²) < 4.78 is 5.01. The molecule has 0 aromatic heterocycles. The van der Waals surface area contributed by atoms with Gasteiger partial charge in [0.1, 0.15) is 6.04 Å². The van der Waals surface area contributed by atoms with Crippen molar-refractivity contribution in [2.45, 2.75) is 25.9 Å². The smallest absolute Gasteiger partial charge is 0.247 e. The van der Waals surface area contributed by atoms with E-state index in [4.69, 9.17) is 4.74 Å². The van der Waals surface area contributed by atoms with Crippen molar-refractivity contribution in [2.24, 2.45) is 0 Å². The number of methoxy groups -OCH3 is 1. The number of nitrogens with one attached hydrogen (secondary N) is 1. The Hall–Kier alpha value is -2.66. The lowest BCUT2D eigenvalue weighted by molar-refractivity contribution is -0.141. The van der Waals surface area contributed by atoms with Crippen LogP contribution in [0.1, 0.15) is 30.5 Å². The first kappa shape index (κ1) is 19.7. The molecule has 2 aromatic rings. The lowest BCUT2D eigenvalue weighted by Gasteiger charge is -2.31. The van der Waals surface area contributed by atoms with Gasteiger partial charge >= 0.3 is 0 Å². The van der Waals surface area contributed by atoms with Crippen LogP contribution in [-0.2, 0) is 20.9 Å². The molecule has 1 atom stereocenters. The SMILES string of the molecule is CCC(=O)N(Cc1ccccc1)C(C(=O)NCCOC)c1ccccc1. The second-order valence-electron chi connectivity index (χ2n) is 5.96. The molecular weight excluding hydrogens is 328 g/mol. The zero-order valence-electron chi connectivity index (χ0n) is 15.4. The highest BCUT2D eigenvalue weighted by Crippen LogP contribution is 2.24. The highest BCUT2D eigenvalue weighted by Gasteiger charge is 2.30. The molecule has 1 N–H and O–H groups in total.